The van der Waals surface area contributed by atoms with Gasteiger partial charge in [0.2, 0.25) is 5.67 Å². The van der Waals surface area contributed by atoms with Gasteiger partial charge >= 0.3 is 6.03 Å². The first-order valence-electron chi connectivity index (χ1n) is 8.26. The third-order valence-corrected chi connectivity index (χ3v) is 4.83. The van der Waals surface area contributed by atoms with Crippen LogP contribution in [0.2, 0.25) is 5.02 Å². The molecule has 1 unspecified atom stereocenters. The van der Waals surface area contributed by atoms with E-state index in [1.165, 1.54) is 4.90 Å². The van der Waals surface area contributed by atoms with Crippen molar-refractivity contribution in [3.63, 3.8) is 0 Å². The summed E-state index contributed by atoms with van der Waals surface area (Å²) in [5, 5.41) is 5.77. The molecule has 1 heterocycles. The SMILES string of the molecule is O=C(Nc1ccccc1Cl)N1CCCC(F)(C(=O)NCC2CC2)C1. The smallest absolute Gasteiger partial charge is 0.322 e. The molecule has 1 atom stereocenters. The fourth-order valence-corrected chi connectivity index (χ4v) is 3.03. The number of halogens is 2. The third kappa shape index (κ3) is 3.98. The summed E-state index contributed by atoms with van der Waals surface area (Å²) in [4.78, 5) is 25.9. The molecule has 24 heavy (non-hydrogen) atoms. The number of amides is 3. The Hall–Kier alpha value is -1.82. The number of carbonyl (C=O) groups excluding carboxylic acids is 2. The van der Waals surface area contributed by atoms with Crippen LogP contribution in [0.1, 0.15) is 25.7 Å². The second-order valence-corrected chi connectivity index (χ2v) is 6.96. The van der Waals surface area contributed by atoms with Crippen LogP contribution in [-0.2, 0) is 4.79 Å². The van der Waals surface area contributed by atoms with Gasteiger partial charge in [0.15, 0.2) is 0 Å². The van der Waals surface area contributed by atoms with E-state index in [0.29, 0.717) is 36.1 Å². The van der Waals surface area contributed by atoms with Crippen LogP contribution in [0.15, 0.2) is 24.3 Å². The quantitative estimate of drug-likeness (QED) is 0.873. The number of piperidine rings is 1. The average Bonchev–Trinajstić information content (AvgIpc) is 3.39. The molecule has 5 nitrogen and oxygen atoms in total. The minimum Gasteiger partial charge on any atom is -0.353 e. The first-order valence-corrected chi connectivity index (χ1v) is 8.63. The number of nitrogens with one attached hydrogen (secondary N) is 2. The molecule has 130 valence electrons. The highest BCUT2D eigenvalue weighted by atomic mass is 35.5. The number of alkyl halides is 1. The fourth-order valence-electron chi connectivity index (χ4n) is 2.84. The Kier molecular flexibility index (Phi) is 4.94. The van der Waals surface area contributed by atoms with Crippen LogP contribution in [0.5, 0.6) is 0 Å². The topological polar surface area (TPSA) is 61.4 Å². The molecule has 1 aliphatic heterocycles. The monoisotopic (exact) mass is 353 g/mol. The normalized spacial score (nSPS) is 23.7. The molecular formula is C17H21ClFN3O2. The van der Waals surface area contributed by atoms with E-state index in [1.54, 1.807) is 24.3 Å². The van der Waals surface area contributed by atoms with E-state index in [-0.39, 0.29) is 13.0 Å². The van der Waals surface area contributed by atoms with Crippen LogP contribution in [0.25, 0.3) is 0 Å². The summed E-state index contributed by atoms with van der Waals surface area (Å²) in [6.45, 7) is 0.702. The van der Waals surface area contributed by atoms with E-state index in [0.717, 1.165) is 12.8 Å². The fraction of sp³-hybridized carbons (Fsp3) is 0.529. The lowest BCUT2D eigenvalue weighted by Gasteiger charge is -2.36. The van der Waals surface area contributed by atoms with Gasteiger partial charge in [-0.05, 0) is 43.7 Å². The molecule has 1 saturated heterocycles. The molecule has 2 N–H and O–H groups in total. The maximum Gasteiger partial charge on any atom is 0.322 e. The van der Waals surface area contributed by atoms with Gasteiger partial charge in [0.25, 0.3) is 5.91 Å². The molecule has 0 radical (unpaired) electrons. The van der Waals surface area contributed by atoms with Crippen LogP contribution in [0.3, 0.4) is 0 Å². The number of nitrogens with zero attached hydrogens (tertiary/aromatic N) is 1. The summed E-state index contributed by atoms with van der Waals surface area (Å²) >= 11 is 6.02. The lowest BCUT2D eigenvalue weighted by Crippen LogP contribution is -2.56. The molecule has 1 saturated carbocycles. The zero-order chi connectivity index (χ0) is 17.2. The molecule has 0 spiro atoms. The Balaban J connectivity index is 1.60. The molecular weight excluding hydrogens is 333 g/mol. The van der Waals surface area contributed by atoms with Gasteiger partial charge in [0.05, 0.1) is 17.3 Å². The standard InChI is InChI=1S/C17H21ClFN3O2/c18-13-4-1-2-5-14(13)21-16(24)22-9-3-8-17(19,11-22)15(23)20-10-12-6-7-12/h1-2,4-5,12H,3,6-11H2,(H,20,23)(H,21,24). The predicted molar refractivity (Wildman–Crippen MR) is 90.9 cm³/mol. The van der Waals surface area contributed by atoms with Gasteiger partial charge in [-0.3, -0.25) is 4.79 Å². The molecule has 1 aromatic carbocycles. The van der Waals surface area contributed by atoms with Crippen LogP contribution < -0.4 is 10.6 Å². The first-order chi connectivity index (χ1) is 11.5. The molecule has 7 heteroatoms. The Labute approximate surface area is 145 Å². The Morgan fingerprint density at radius 3 is 2.79 bits per heavy atom. The number of para-hydroxylation sites is 1. The van der Waals surface area contributed by atoms with Crippen molar-refractivity contribution in [2.45, 2.75) is 31.4 Å². The summed E-state index contributed by atoms with van der Waals surface area (Å²) in [6.07, 6.45) is 2.76. The summed E-state index contributed by atoms with van der Waals surface area (Å²) < 4.78 is 15.0. The number of carbonyl (C=O) groups is 2. The molecule has 0 aromatic heterocycles. The minimum absolute atomic E-state index is 0.138. The molecule has 2 aliphatic rings. The van der Waals surface area contributed by atoms with Crippen molar-refractivity contribution in [3.8, 4) is 0 Å². The average molecular weight is 354 g/mol. The summed E-state index contributed by atoms with van der Waals surface area (Å²) in [5.74, 6) is -0.120. The number of urea groups is 1. The summed E-state index contributed by atoms with van der Waals surface area (Å²) in [5.41, 5.74) is -1.55. The van der Waals surface area contributed by atoms with Gasteiger partial charge in [-0.2, -0.15) is 0 Å². The third-order valence-electron chi connectivity index (χ3n) is 4.50. The van der Waals surface area contributed by atoms with E-state index in [9.17, 15) is 9.59 Å². The Morgan fingerprint density at radius 2 is 2.08 bits per heavy atom. The Bertz CT molecular complexity index is 638. The molecule has 1 aromatic rings. The second-order valence-electron chi connectivity index (χ2n) is 6.55. The van der Waals surface area contributed by atoms with Crippen LogP contribution >= 0.6 is 11.6 Å². The largest absolute Gasteiger partial charge is 0.353 e. The van der Waals surface area contributed by atoms with Gasteiger partial charge < -0.3 is 15.5 Å². The predicted octanol–water partition coefficient (Wildman–Crippen LogP) is 3.20. The van der Waals surface area contributed by atoms with Crippen molar-refractivity contribution in [2.24, 2.45) is 5.92 Å². The highest BCUT2D eigenvalue weighted by Crippen LogP contribution is 2.30. The van der Waals surface area contributed by atoms with Gasteiger partial charge in [-0.1, -0.05) is 23.7 Å². The van der Waals surface area contributed by atoms with Gasteiger partial charge in [-0.25, -0.2) is 9.18 Å². The van der Waals surface area contributed by atoms with Crippen molar-refractivity contribution in [3.05, 3.63) is 29.3 Å². The van der Waals surface area contributed by atoms with Crippen molar-refractivity contribution in [1.82, 2.24) is 10.2 Å². The number of anilines is 1. The van der Waals surface area contributed by atoms with Crippen molar-refractivity contribution >= 4 is 29.2 Å². The van der Waals surface area contributed by atoms with E-state index >= 15 is 4.39 Å². The number of hydrogen-bond donors (Lipinski definition) is 2. The zero-order valence-corrected chi connectivity index (χ0v) is 14.1. The highest BCUT2D eigenvalue weighted by molar-refractivity contribution is 6.33. The minimum atomic E-state index is -2.02. The maximum absolute atomic E-state index is 15.0. The van der Waals surface area contributed by atoms with Crippen molar-refractivity contribution < 1.29 is 14.0 Å². The van der Waals surface area contributed by atoms with Gasteiger partial charge in [0, 0.05) is 13.1 Å². The highest BCUT2D eigenvalue weighted by Gasteiger charge is 2.44. The zero-order valence-electron chi connectivity index (χ0n) is 13.4. The van der Waals surface area contributed by atoms with E-state index in [1.807, 2.05) is 0 Å². The molecule has 0 bridgehead atoms. The van der Waals surface area contributed by atoms with Crippen LogP contribution in [0.4, 0.5) is 14.9 Å². The molecule has 3 amide bonds. The second kappa shape index (κ2) is 6.97. The number of likely N-dealkylation sites (tertiary alicyclic amines) is 1. The van der Waals surface area contributed by atoms with E-state index < -0.39 is 17.6 Å². The Morgan fingerprint density at radius 1 is 1.33 bits per heavy atom. The number of benzene rings is 1. The number of rotatable bonds is 4. The van der Waals surface area contributed by atoms with Crippen molar-refractivity contribution in [1.29, 1.82) is 0 Å². The van der Waals surface area contributed by atoms with Gasteiger partial charge in [-0.15, -0.1) is 0 Å². The first kappa shape index (κ1) is 17.0. The van der Waals surface area contributed by atoms with Crippen LogP contribution in [-0.4, -0.2) is 42.1 Å². The summed E-state index contributed by atoms with van der Waals surface area (Å²) in [6, 6.07) is 6.41. The molecule has 2 fully saturated rings. The number of hydrogen-bond acceptors (Lipinski definition) is 2. The van der Waals surface area contributed by atoms with Crippen molar-refractivity contribution in [2.75, 3.05) is 25.0 Å². The lowest BCUT2D eigenvalue weighted by atomic mass is 9.94. The lowest BCUT2D eigenvalue weighted by molar-refractivity contribution is -0.135. The van der Waals surface area contributed by atoms with Crippen LogP contribution in [0, 0.1) is 5.92 Å². The molecule has 1 aliphatic carbocycles. The molecule has 3 rings (SSSR count). The van der Waals surface area contributed by atoms with E-state index in [2.05, 4.69) is 10.6 Å². The van der Waals surface area contributed by atoms with Gasteiger partial charge in [0.1, 0.15) is 0 Å². The maximum atomic E-state index is 15.0. The van der Waals surface area contributed by atoms with E-state index in [4.69, 9.17) is 11.6 Å². The summed E-state index contributed by atoms with van der Waals surface area (Å²) in [7, 11) is 0.